The highest BCUT2D eigenvalue weighted by Gasteiger charge is 2.06. The third kappa shape index (κ3) is 4.62. The first-order valence-electron chi connectivity index (χ1n) is 5.54. The molecule has 0 aromatic carbocycles. The van der Waals surface area contributed by atoms with Gasteiger partial charge in [-0.15, -0.1) is 11.3 Å². The molecule has 0 bridgehead atoms. The van der Waals surface area contributed by atoms with Crippen molar-refractivity contribution in [3.05, 3.63) is 11.1 Å². The number of rotatable bonds is 6. The fourth-order valence-electron chi connectivity index (χ4n) is 1.61. The monoisotopic (exact) mass is 227 g/mol. The maximum Gasteiger partial charge on any atom is 0.180 e. The number of nitrogens with zero attached hydrogens (tertiary/aromatic N) is 2. The topological polar surface area (TPSA) is 42.1 Å². The van der Waals surface area contributed by atoms with E-state index in [0.717, 1.165) is 37.7 Å². The minimum absolute atomic E-state index is 0.678. The van der Waals surface area contributed by atoms with Crippen LogP contribution in [0.1, 0.15) is 26.5 Å². The lowest BCUT2D eigenvalue weighted by Crippen LogP contribution is -2.29. The van der Waals surface area contributed by atoms with Crippen LogP contribution in [0.3, 0.4) is 0 Å². The number of likely N-dealkylation sites (N-methyl/N-ethyl adjacent to an activating group) is 1. The van der Waals surface area contributed by atoms with E-state index in [2.05, 4.69) is 36.0 Å². The summed E-state index contributed by atoms with van der Waals surface area (Å²) in [4.78, 5) is 6.72. The molecule has 0 aliphatic rings. The third-order valence-corrected chi connectivity index (χ3v) is 3.05. The average molecular weight is 227 g/mol. The lowest BCUT2D eigenvalue weighted by atomic mass is 10.2. The number of hydrogen-bond donors (Lipinski definition) is 1. The van der Waals surface area contributed by atoms with Gasteiger partial charge in [0, 0.05) is 24.9 Å². The molecule has 0 unspecified atom stereocenters. The fourth-order valence-corrected chi connectivity index (χ4v) is 2.20. The van der Waals surface area contributed by atoms with Gasteiger partial charge in [0.2, 0.25) is 0 Å². The van der Waals surface area contributed by atoms with Crippen LogP contribution in [0.5, 0.6) is 0 Å². The molecule has 0 saturated heterocycles. The Balaban J connectivity index is 2.34. The lowest BCUT2D eigenvalue weighted by molar-refractivity contribution is 0.259. The smallest absolute Gasteiger partial charge is 0.180 e. The molecule has 0 fully saturated rings. The van der Waals surface area contributed by atoms with Crippen molar-refractivity contribution in [2.45, 2.75) is 27.2 Å². The van der Waals surface area contributed by atoms with Gasteiger partial charge in [0.15, 0.2) is 5.13 Å². The molecule has 4 heteroatoms. The van der Waals surface area contributed by atoms with E-state index in [1.807, 2.05) is 0 Å². The van der Waals surface area contributed by atoms with Gasteiger partial charge in [0.05, 0.1) is 5.69 Å². The second kappa shape index (κ2) is 6.08. The summed E-state index contributed by atoms with van der Waals surface area (Å²) in [5.74, 6) is 0.727. The molecule has 1 rings (SSSR count). The normalized spacial score (nSPS) is 11.5. The molecule has 1 aromatic rings. The first-order chi connectivity index (χ1) is 7.11. The number of anilines is 1. The standard InChI is InChI=1S/C11H21N3S/c1-4-14(7-9(2)3)6-5-10-8-15-11(12)13-10/h8-9H,4-7H2,1-3H3,(H2,12,13). The molecule has 0 saturated carbocycles. The average Bonchev–Trinajstić information content (AvgIpc) is 2.58. The Labute approximate surface area is 96.3 Å². The SMILES string of the molecule is CCN(CCc1csc(N)n1)CC(C)C. The van der Waals surface area contributed by atoms with Crippen LogP contribution in [0.4, 0.5) is 5.13 Å². The van der Waals surface area contributed by atoms with E-state index in [4.69, 9.17) is 5.73 Å². The molecule has 0 aliphatic heterocycles. The molecule has 3 nitrogen and oxygen atoms in total. The Kier molecular flexibility index (Phi) is 5.05. The number of nitrogens with two attached hydrogens (primary N) is 1. The molecule has 0 radical (unpaired) electrons. The third-order valence-electron chi connectivity index (χ3n) is 2.32. The van der Waals surface area contributed by atoms with Gasteiger partial charge in [-0.1, -0.05) is 20.8 Å². The first kappa shape index (κ1) is 12.5. The molecular weight excluding hydrogens is 206 g/mol. The van der Waals surface area contributed by atoms with Crippen molar-refractivity contribution >= 4 is 16.5 Å². The second-order valence-electron chi connectivity index (χ2n) is 4.21. The molecule has 2 N–H and O–H groups in total. The quantitative estimate of drug-likeness (QED) is 0.810. The van der Waals surface area contributed by atoms with Crippen molar-refractivity contribution in [2.75, 3.05) is 25.4 Å². The molecule has 0 atom stereocenters. The molecule has 0 aliphatic carbocycles. The van der Waals surface area contributed by atoms with Crippen molar-refractivity contribution < 1.29 is 0 Å². The van der Waals surface area contributed by atoms with Gasteiger partial charge in [0.25, 0.3) is 0 Å². The van der Waals surface area contributed by atoms with Gasteiger partial charge in [-0.25, -0.2) is 4.98 Å². The summed E-state index contributed by atoms with van der Waals surface area (Å²) < 4.78 is 0. The van der Waals surface area contributed by atoms with E-state index in [-0.39, 0.29) is 0 Å². The Morgan fingerprint density at radius 1 is 1.53 bits per heavy atom. The Morgan fingerprint density at radius 3 is 2.73 bits per heavy atom. The van der Waals surface area contributed by atoms with Crippen molar-refractivity contribution in [1.82, 2.24) is 9.88 Å². The zero-order valence-corrected chi connectivity index (χ0v) is 10.7. The van der Waals surface area contributed by atoms with Crippen LogP contribution in [0, 0.1) is 5.92 Å². The van der Waals surface area contributed by atoms with Crippen LogP contribution in [0.15, 0.2) is 5.38 Å². The van der Waals surface area contributed by atoms with E-state index >= 15 is 0 Å². The van der Waals surface area contributed by atoms with E-state index in [1.165, 1.54) is 11.3 Å². The summed E-state index contributed by atoms with van der Waals surface area (Å²) in [5.41, 5.74) is 6.72. The van der Waals surface area contributed by atoms with Gasteiger partial charge >= 0.3 is 0 Å². The molecule has 0 spiro atoms. The molecule has 1 aromatic heterocycles. The summed E-state index contributed by atoms with van der Waals surface area (Å²) in [5, 5.41) is 2.73. The molecule has 0 amide bonds. The van der Waals surface area contributed by atoms with Crippen molar-refractivity contribution in [1.29, 1.82) is 0 Å². The highest BCUT2D eigenvalue weighted by molar-refractivity contribution is 7.13. The Hall–Kier alpha value is -0.610. The summed E-state index contributed by atoms with van der Waals surface area (Å²) in [6.45, 7) is 10.1. The first-order valence-corrected chi connectivity index (χ1v) is 6.42. The fraction of sp³-hybridized carbons (Fsp3) is 0.727. The van der Waals surface area contributed by atoms with Gasteiger partial charge < -0.3 is 10.6 Å². The van der Waals surface area contributed by atoms with E-state index in [1.54, 1.807) is 0 Å². The van der Waals surface area contributed by atoms with E-state index < -0.39 is 0 Å². The predicted octanol–water partition coefficient (Wildman–Crippen LogP) is 2.25. The minimum Gasteiger partial charge on any atom is -0.375 e. The van der Waals surface area contributed by atoms with Crippen LogP contribution in [0.2, 0.25) is 0 Å². The Morgan fingerprint density at radius 2 is 2.27 bits per heavy atom. The zero-order valence-electron chi connectivity index (χ0n) is 9.86. The lowest BCUT2D eigenvalue weighted by Gasteiger charge is -2.21. The van der Waals surface area contributed by atoms with Crippen molar-refractivity contribution in [3.63, 3.8) is 0 Å². The van der Waals surface area contributed by atoms with E-state index in [0.29, 0.717) is 5.13 Å². The Bertz CT molecular complexity index is 283. The summed E-state index contributed by atoms with van der Waals surface area (Å²) in [6.07, 6.45) is 1.01. The van der Waals surface area contributed by atoms with Crippen LogP contribution >= 0.6 is 11.3 Å². The minimum atomic E-state index is 0.678. The highest BCUT2D eigenvalue weighted by Crippen LogP contribution is 2.12. The predicted molar refractivity (Wildman–Crippen MR) is 67.2 cm³/mol. The zero-order chi connectivity index (χ0) is 11.3. The number of hydrogen-bond acceptors (Lipinski definition) is 4. The van der Waals surface area contributed by atoms with Crippen LogP contribution in [0.25, 0.3) is 0 Å². The summed E-state index contributed by atoms with van der Waals surface area (Å²) in [7, 11) is 0. The molecule has 1 heterocycles. The second-order valence-corrected chi connectivity index (χ2v) is 5.10. The van der Waals surface area contributed by atoms with Gasteiger partial charge in [-0.05, 0) is 12.5 Å². The maximum absolute atomic E-state index is 5.59. The number of thiazole rings is 1. The van der Waals surface area contributed by atoms with Crippen LogP contribution in [-0.2, 0) is 6.42 Å². The van der Waals surface area contributed by atoms with Gasteiger partial charge in [0.1, 0.15) is 0 Å². The van der Waals surface area contributed by atoms with Gasteiger partial charge in [-0.2, -0.15) is 0 Å². The molecule has 86 valence electrons. The van der Waals surface area contributed by atoms with Crippen LogP contribution < -0.4 is 5.73 Å². The summed E-state index contributed by atoms with van der Waals surface area (Å²) in [6, 6.07) is 0. The molecular formula is C11H21N3S. The highest BCUT2D eigenvalue weighted by atomic mass is 32.1. The van der Waals surface area contributed by atoms with Crippen LogP contribution in [-0.4, -0.2) is 29.5 Å². The van der Waals surface area contributed by atoms with Crippen molar-refractivity contribution in [2.24, 2.45) is 5.92 Å². The van der Waals surface area contributed by atoms with E-state index in [9.17, 15) is 0 Å². The number of aromatic nitrogens is 1. The summed E-state index contributed by atoms with van der Waals surface area (Å²) >= 11 is 1.53. The number of nitrogen functional groups attached to an aromatic ring is 1. The largest absolute Gasteiger partial charge is 0.375 e. The molecule has 15 heavy (non-hydrogen) atoms. The van der Waals surface area contributed by atoms with Gasteiger partial charge in [-0.3, -0.25) is 0 Å². The maximum atomic E-state index is 5.59. The van der Waals surface area contributed by atoms with Crippen molar-refractivity contribution in [3.8, 4) is 0 Å².